The molecule has 2 heteroatoms. The second-order valence-corrected chi connectivity index (χ2v) is 7.11. The SMILES string of the molecule is CC1CNC(C)CCN(CC(C(C)C)C(C)C)C1. The van der Waals surface area contributed by atoms with Gasteiger partial charge in [0.2, 0.25) is 0 Å². The van der Waals surface area contributed by atoms with Gasteiger partial charge < -0.3 is 10.2 Å². The van der Waals surface area contributed by atoms with Gasteiger partial charge in [0, 0.05) is 19.1 Å². The van der Waals surface area contributed by atoms with Gasteiger partial charge in [0.15, 0.2) is 0 Å². The molecule has 1 aliphatic rings. The Morgan fingerprint density at radius 1 is 1.11 bits per heavy atom. The van der Waals surface area contributed by atoms with Crippen LogP contribution in [-0.4, -0.2) is 37.1 Å². The molecule has 1 heterocycles. The summed E-state index contributed by atoms with van der Waals surface area (Å²) in [5.74, 6) is 3.19. The molecule has 18 heavy (non-hydrogen) atoms. The Hall–Kier alpha value is -0.0800. The number of rotatable bonds is 4. The number of nitrogens with zero attached hydrogens (tertiary/aromatic N) is 1. The van der Waals surface area contributed by atoms with Gasteiger partial charge in [-0.25, -0.2) is 0 Å². The second-order valence-electron chi connectivity index (χ2n) is 7.11. The average molecular weight is 254 g/mol. The molecule has 0 bridgehead atoms. The highest BCUT2D eigenvalue weighted by atomic mass is 15.1. The van der Waals surface area contributed by atoms with Gasteiger partial charge in [-0.3, -0.25) is 0 Å². The van der Waals surface area contributed by atoms with Crippen molar-refractivity contribution < 1.29 is 0 Å². The first-order chi connectivity index (χ1) is 8.40. The Balaban J connectivity index is 2.56. The third kappa shape index (κ3) is 5.27. The normalized spacial score (nSPS) is 27.8. The fourth-order valence-electron chi connectivity index (χ4n) is 3.13. The molecule has 1 rings (SSSR count). The standard InChI is InChI=1S/C16H34N2/c1-12(2)16(13(3)4)11-18-8-7-15(6)17-9-14(5)10-18/h12-17H,7-11H2,1-6H3. The lowest BCUT2D eigenvalue weighted by molar-refractivity contribution is 0.135. The largest absolute Gasteiger partial charge is 0.314 e. The first kappa shape index (κ1) is 16.0. The van der Waals surface area contributed by atoms with E-state index in [2.05, 4.69) is 51.8 Å². The summed E-state index contributed by atoms with van der Waals surface area (Å²) < 4.78 is 0. The zero-order valence-electron chi connectivity index (χ0n) is 13.4. The van der Waals surface area contributed by atoms with Gasteiger partial charge in [-0.05, 0) is 50.1 Å². The summed E-state index contributed by atoms with van der Waals surface area (Å²) in [6.45, 7) is 19.2. The highest BCUT2D eigenvalue weighted by Crippen LogP contribution is 2.22. The zero-order valence-corrected chi connectivity index (χ0v) is 13.4. The van der Waals surface area contributed by atoms with E-state index in [1.54, 1.807) is 0 Å². The summed E-state index contributed by atoms with van der Waals surface area (Å²) in [4.78, 5) is 2.71. The van der Waals surface area contributed by atoms with Crippen molar-refractivity contribution in [3.8, 4) is 0 Å². The summed E-state index contributed by atoms with van der Waals surface area (Å²) in [6.07, 6.45) is 1.29. The van der Waals surface area contributed by atoms with Gasteiger partial charge in [0.25, 0.3) is 0 Å². The summed E-state index contributed by atoms with van der Waals surface area (Å²) >= 11 is 0. The molecule has 0 amide bonds. The third-order valence-corrected chi connectivity index (χ3v) is 4.44. The van der Waals surface area contributed by atoms with Crippen LogP contribution in [0.1, 0.15) is 48.0 Å². The smallest absolute Gasteiger partial charge is 0.00510 e. The first-order valence-corrected chi connectivity index (χ1v) is 7.85. The molecule has 1 fully saturated rings. The van der Waals surface area contributed by atoms with Crippen LogP contribution in [0.5, 0.6) is 0 Å². The fourth-order valence-corrected chi connectivity index (χ4v) is 3.13. The Bertz CT molecular complexity index is 217. The van der Waals surface area contributed by atoms with Crippen molar-refractivity contribution >= 4 is 0 Å². The lowest BCUT2D eigenvalue weighted by atomic mass is 9.85. The van der Waals surface area contributed by atoms with Gasteiger partial charge in [0.1, 0.15) is 0 Å². The summed E-state index contributed by atoms with van der Waals surface area (Å²) in [5, 5.41) is 3.63. The van der Waals surface area contributed by atoms with Crippen LogP contribution in [-0.2, 0) is 0 Å². The molecular weight excluding hydrogens is 220 g/mol. The highest BCUT2D eigenvalue weighted by molar-refractivity contribution is 4.77. The molecule has 0 saturated carbocycles. The Kier molecular flexibility index (Phi) is 6.65. The monoisotopic (exact) mass is 254 g/mol. The van der Waals surface area contributed by atoms with Crippen LogP contribution < -0.4 is 5.32 Å². The molecule has 2 unspecified atom stereocenters. The number of hydrogen-bond acceptors (Lipinski definition) is 2. The van der Waals surface area contributed by atoms with E-state index in [4.69, 9.17) is 0 Å². The van der Waals surface area contributed by atoms with Crippen LogP contribution in [0, 0.1) is 23.7 Å². The van der Waals surface area contributed by atoms with E-state index in [0.717, 1.165) is 23.7 Å². The molecule has 2 nitrogen and oxygen atoms in total. The lowest BCUT2D eigenvalue weighted by Crippen LogP contribution is -2.45. The Morgan fingerprint density at radius 3 is 2.28 bits per heavy atom. The van der Waals surface area contributed by atoms with Crippen LogP contribution in [0.25, 0.3) is 0 Å². The summed E-state index contributed by atoms with van der Waals surface area (Å²) in [6, 6.07) is 0.673. The van der Waals surface area contributed by atoms with E-state index >= 15 is 0 Å². The molecule has 0 spiro atoms. The van der Waals surface area contributed by atoms with Crippen molar-refractivity contribution in [3.05, 3.63) is 0 Å². The minimum Gasteiger partial charge on any atom is -0.314 e. The molecule has 108 valence electrons. The van der Waals surface area contributed by atoms with Crippen molar-refractivity contribution in [2.75, 3.05) is 26.2 Å². The fraction of sp³-hybridized carbons (Fsp3) is 1.00. The van der Waals surface area contributed by atoms with Crippen LogP contribution in [0.2, 0.25) is 0 Å². The van der Waals surface area contributed by atoms with Crippen LogP contribution in [0.4, 0.5) is 0 Å². The number of hydrogen-bond donors (Lipinski definition) is 1. The molecule has 1 aliphatic heterocycles. The van der Waals surface area contributed by atoms with Crippen molar-refractivity contribution in [2.45, 2.75) is 54.0 Å². The average Bonchev–Trinajstić information content (AvgIpc) is 2.26. The summed E-state index contributed by atoms with van der Waals surface area (Å²) in [7, 11) is 0. The topological polar surface area (TPSA) is 15.3 Å². The Labute approximate surface area is 115 Å². The minimum absolute atomic E-state index is 0.673. The van der Waals surface area contributed by atoms with E-state index in [0.29, 0.717) is 6.04 Å². The molecule has 0 aromatic rings. The predicted octanol–water partition coefficient (Wildman–Crippen LogP) is 3.23. The lowest BCUT2D eigenvalue weighted by Gasteiger charge is -2.36. The zero-order chi connectivity index (χ0) is 13.7. The minimum atomic E-state index is 0.673. The maximum Gasteiger partial charge on any atom is 0.00510 e. The van der Waals surface area contributed by atoms with Crippen LogP contribution in [0.3, 0.4) is 0 Å². The van der Waals surface area contributed by atoms with Gasteiger partial charge >= 0.3 is 0 Å². The molecule has 0 aliphatic carbocycles. The molecule has 2 atom stereocenters. The van der Waals surface area contributed by atoms with Crippen molar-refractivity contribution in [3.63, 3.8) is 0 Å². The van der Waals surface area contributed by atoms with Crippen LogP contribution >= 0.6 is 0 Å². The summed E-state index contributed by atoms with van der Waals surface area (Å²) in [5.41, 5.74) is 0. The van der Waals surface area contributed by atoms with Crippen molar-refractivity contribution in [1.82, 2.24) is 10.2 Å². The van der Waals surface area contributed by atoms with E-state index in [9.17, 15) is 0 Å². The maximum atomic E-state index is 3.63. The van der Waals surface area contributed by atoms with Gasteiger partial charge in [-0.2, -0.15) is 0 Å². The van der Waals surface area contributed by atoms with E-state index < -0.39 is 0 Å². The molecule has 0 radical (unpaired) electrons. The van der Waals surface area contributed by atoms with E-state index in [1.165, 1.54) is 32.6 Å². The Morgan fingerprint density at radius 2 is 1.72 bits per heavy atom. The van der Waals surface area contributed by atoms with Crippen molar-refractivity contribution in [1.29, 1.82) is 0 Å². The van der Waals surface area contributed by atoms with Gasteiger partial charge in [0.05, 0.1) is 0 Å². The molecule has 1 N–H and O–H groups in total. The molecule has 0 aromatic heterocycles. The number of nitrogens with one attached hydrogen (secondary N) is 1. The van der Waals surface area contributed by atoms with Gasteiger partial charge in [-0.15, -0.1) is 0 Å². The highest BCUT2D eigenvalue weighted by Gasteiger charge is 2.23. The first-order valence-electron chi connectivity index (χ1n) is 7.85. The van der Waals surface area contributed by atoms with Crippen LogP contribution in [0.15, 0.2) is 0 Å². The molecular formula is C16H34N2. The van der Waals surface area contributed by atoms with Gasteiger partial charge in [-0.1, -0.05) is 34.6 Å². The molecule has 1 saturated heterocycles. The second kappa shape index (κ2) is 7.49. The van der Waals surface area contributed by atoms with E-state index in [-0.39, 0.29) is 0 Å². The predicted molar refractivity (Wildman–Crippen MR) is 80.9 cm³/mol. The molecule has 0 aromatic carbocycles. The third-order valence-electron chi connectivity index (χ3n) is 4.44. The maximum absolute atomic E-state index is 3.63. The van der Waals surface area contributed by atoms with E-state index in [1.807, 2.05) is 0 Å². The quantitative estimate of drug-likeness (QED) is 0.828. The van der Waals surface area contributed by atoms with Crippen molar-refractivity contribution in [2.24, 2.45) is 23.7 Å².